The molecule has 0 saturated heterocycles. The molecular weight excluding hydrogens is 192 g/mol. The normalized spacial score (nSPS) is 13.0. The lowest BCUT2D eigenvalue weighted by atomic mass is 10.5. The van der Waals surface area contributed by atoms with Gasteiger partial charge in [-0.15, -0.1) is 0 Å². The molecule has 0 radical (unpaired) electrons. The van der Waals surface area contributed by atoms with Gasteiger partial charge in [-0.05, 0) is 11.1 Å². The van der Waals surface area contributed by atoms with Crippen LogP contribution in [0, 0.1) is 0 Å². The van der Waals surface area contributed by atoms with Gasteiger partial charge in [0.15, 0.2) is 5.65 Å². The van der Waals surface area contributed by atoms with Gasteiger partial charge in [0.05, 0.1) is 12.4 Å². The Bertz CT molecular complexity index is 475. The van der Waals surface area contributed by atoms with Gasteiger partial charge in [-0.3, -0.25) is 4.21 Å². The van der Waals surface area contributed by atoms with E-state index in [0.29, 0.717) is 11.2 Å². The molecule has 2 aromatic rings. The summed E-state index contributed by atoms with van der Waals surface area (Å²) >= 11 is -2.36. The molecule has 13 heavy (non-hydrogen) atoms. The van der Waals surface area contributed by atoms with Crippen molar-refractivity contribution >= 4 is 22.2 Å². The van der Waals surface area contributed by atoms with Gasteiger partial charge in [-0.2, -0.15) is 0 Å². The number of nitrogens with zero attached hydrogens (tertiary/aromatic N) is 4. The zero-order valence-electron chi connectivity index (χ0n) is 6.25. The molecule has 0 spiro atoms. The molecule has 0 amide bonds. The van der Waals surface area contributed by atoms with E-state index in [1.807, 2.05) is 0 Å². The molecule has 1 unspecified atom stereocenters. The number of rotatable bonds is 1. The molecule has 7 heteroatoms. The lowest BCUT2D eigenvalue weighted by Crippen LogP contribution is -1.96. The van der Waals surface area contributed by atoms with Crippen LogP contribution in [0.25, 0.3) is 11.2 Å². The predicted molar refractivity (Wildman–Crippen MR) is 42.3 cm³/mol. The van der Waals surface area contributed by atoms with Crippen LogP contribution in [-0.2, 0) is 11.1 Å². The second kappa shape index (κ2) is 3.11. The average molecular weight is 195 g/mol. The van der Waals surface area contributed by atoms with Crippen LogP contribution in [0.1, 0.15) is 0 Å². The van der Waals surface area contributed by atoms with E-state index in [0.717, 1.165) is 6.20 Å². The first-order valence-electron chi connectivity index (χ1n) is 3.29. The Balaban J connectivity index is 2.69. The first-order valence-corrected chi connectivity index (χ1v) is 4.37. The van der Waals surface area contributed by atoms with E-state index in [9.17, 15) is 8.76 Å². The highest BCUT2D eigenvalue weighted by Gasteiger charge is 1.99. The molecular formula is C6H3N4O2S-. The Labute approximate surface area is 75.4 Å². The summed E-state index contributed by atoms with van der Waals surface area (Å²) in [6.07, 6.45) is 3.88. The summed E-state index contributed by atoms with van der Waals surface area (Å²) < 4.78 is 21.0. The fourth-order valence-electron chi connectivity index (χ4n) is 0.838. The number of hydrogen-bond donors (Lipinski definition) is 0. The van der Waals surface area contributed by atoms with Gasteiger partial charge in [-0.1, -0.05) is 0 Å². The molecule has 2 aromatic heterocycles. The van der Waals surface area contributed by atoms with Crippen molar-refractivity contribution in [3.05, 3.63) is 18.7 Å². The van der Waals surface area contributed by atoms with Crippen LogP contribution in [-0.4, -0.2) is 28.7 Å². The van der Waals surface area contributed by atoms with Gasteiger partial charge in [-0.25, -0.2) is 19.9 Å². The number of aromatic nitrogens is 4. The van der Waals surface area contributed by atoms with Crippen molar-refractivity contribution in [2.45, 2.75) is 5.03 Å². The summed E-state index contributed by atoms with van der Waals surface area (Å²) in [5.74, 6) is 0. The summed E-state index contributed by atoms with van der Waals surface area (Å²) in [5, 5.41) is -0.109. The molecule has 2 heterocycles. The molecule has 0 N–H and O–H groups in total. The molecule has 0 saturated carbocycles. The third kappa shape index (κ3) is 1.51. The molecule has 0 bridgehead atoms. The standard InChI is InChI=1S/C6H4N4O2S/c11-13(12)5-2-8-6-4(10-5)1-7-3-9-6/h1-3H,(H,11,12)/p-1. The van der Waals surface area contributed by atoms with E-state index in [2.05, 4.69) is 19.9 Å². The van der Waals surface area contributed by atoms with Crippen LogP contribution < -0.4 is 0 Å². The van der Waals surface area contributed by atoms with Crippen molar-refractivity contribution in [1.82, 2.24) is 19.9 Å². The van der Waals surface area contributed by atoms with E-state index in [1.165, 1.54) is 12.5 Å². The lowest BCUT2D eigenvalue weighted by molar-refractivity contribution is 0.533. The Hall–Kier alpha value is -1.47. The average Bonchev–Trinajstić information content (AvgIpc) is 2.17. The van der Waals surface area contributed by atoms with Gasteiger partial charge >= 0.3 is 0 Å². The maximum atomic E-state index is 10.5. The molecule has 6 nitrogen and oxygen atoms in total. The van der Waals surface area contributed by atoms with E-state index in [4.69, 9.17) is 0 Å². The summed E-state index contributed by atoms with van der Waals surface area (Å²) in [7, 11) is 0. The highest BCUT2D eigenvalue weighted by atomic mass is 32.2. The summed E-state index contributed by atoms with van der Waals surface area (Å²) in [6, 6.07) is 0. The van der Waals surface area contributed by atoms with Crippen LogP contribution >= 0.6 is 0 Å². The molecule has 0 aliphatic rings. The SMILES string of the molecule is O=S([O-])c1cnc2ncncc2n1. The number of hydrogen-bond acceptors (Lipinski definition) is 6. The monoisotopic (exact) mass is 195 g/mol. The maximum absolute atomic E-state index is 10.5. The highest BCUT2D eigenvalue weighted by molar-refractivity contribution is 7.79. The minimum atomic E-state index is -2.36. The zero-order valence-corrected chi connectivity index (χ0v) is 7.06. The second-order valence-corrected chi connectivity index (χ2v) is 3.06. The quantitative estimate of drug-likeness (QED) is 0.578. The summed E-state index contributed by atoms with van der Waals surface area (Å²) in [5.41, 5.74) is 0.744. The molecule has 0 fully saturated rings. The van der Waals surface area contributed by atoms with Gasteiger partial charge in [0.1, 0.15) is 16.9 Å². The van der Waals surface area contributed by atoms with Crippen LogP contribution in [0.5, 0.6) is 0 Å². The van der Waals surface area contributed by atoms with Crippen molar-refractivity contribution in [1.29, 1.82) is 0 Å². The Morgan fingerprint density at radius 2 is 2.15 bits per heavy atom. The molecule has 1 atom stereocenters. The topological polar surface area (TPSA) is 91.7 Å². The minimum Gasteiger partial charge on any atom is -0.767 e. The van der Waals surface area contributed by atoms with Gasteiger partial charge < -0.3 is 4.55 Å². The van der Waals surface area contributed by atoms with Crippen LogP contribution in [0.4, 0.5) is 0 Å². The van der Waals surface area contributed by atoms with Crippen molar-refractivity contribution in [3.8, 4) is 0 Å². The van der Waals surface area contributed by atoms with E-state index < -0.39 is 11.1 Å². The molecule has 66 valence electrons. The van der Waals surface area contributed by atoms with E-state index >= 15 is 0 Å². The predicted octanol–water partition coefficient (Wildman–Crippen LogP) is -0.342. The molecule has 2 rings (SSSR count). The molecule has 0 aliphatic heterocycles. The highest BCUT2D eigenvalue weighted by Crippen LogP contribution is 2.05. The minimum absolute atomic E-state index is 0.109. The van der Waals surface area contributed by atoms with Gasteiger partial charge in [0, 0.05) is 0 Å². The number of fused-ring (bicyclic) bond motifs is 1. The van der Waals surface area contributed by atoms with Crippen molar-refractivity contribution in [2.24, 2.45) is 0 Å². The van der Waals surface area contributed by atoms with Crippen LogP contribution in [0.2, 0.25) is 0 Å². The Morgan fingerprint density at radius 3 is 2.92 bits per heavy atom. The fraction of sp³-hybridized carbons (Fsp3) is 0. The summed E-state index contributed by atoms with van der Waals surface area (Å²) in [4.78, 5) is 15.1. The van der Waals surface area contributed by atoms with Crippen LogP contribution in [0.3, 0.4) is 0 Å². The first-order chi connectivity index (χ1) is 6.27. The first kappa shape index (κ1) is 8.14. The second-order valence-electron chi connectivity index (χ2n) is 2.17. The third-order valence-corrected chi connectivity index (χ3v) is 1.91. The van der Waals surface area contributed by atoms with Crippen LogP contribution in [0.15, 0.2) is 23.7 Å². The van der Waals surface area contributed by atoms with Gasteiger partial charge in [0.2, 0.25) is 0 Å². The Kier molecular flexibility index (Phi) is 1.95. The van der Waals surface area contributed by atoms with Gasteiger partial charge in [0.25, 0.3) is 0 Å². The largest absolute Gasteiger partial charge is 0.767 e. The zero-order chi connectivity index (χ0) is 9.26. The van der Waals surface area contributed by atoms with E-state index in [1.54, 1.807) is 0 Å². The lowest BCUT2D eigenvalue weighted by Gasteiger charge is -2.02. The van der Waals surface area contributed by atoms with Crippen molar-refractivity contribution < 1.29 is 8.76 Å². The van der Waals surface area contributed by atoms with E-state index in [-0.39, 0.29) is 5.03 Å². The molecule has 0 aromatic carbocycles. The molecule has 0 aliphatic carbocycles. The third-order valence-electron chi connectivity index (χ3n) is 1.37. The van der Waals surface area contributed by atoms with Crippen molar-refractivity contribution in [3.63, 3.8) is 0 Å². The summed E-state index contributed by atoms with van der Waals surface area (Å²) in [6.45, 7) is 0. The fourth-order valence-corrected chi connectivity index (χ4v) is 1.15. The Morgan fingerprint density at radius 1 is 1.31 bits per heavy atom. The maximum Gasteiger partial charge on any atom is 0.181 e. The smallest absolute Gasteiger partial charge is 0.181 e. The van der Waals surface area contributed by atoms with Crippen molar-refractivity contribution in [2.75, 3.05) is 0 Å².